The maximum Gasteiger partial charge on any atom is 0.111 e. The number of benzene rings is 2. The molecule has 5 nitrogen and oxygen atoms in total. The number of nitrogens with zero attached hydrogens (tertiary/aromatic N) is 1. The van der Waals surface area contributed by atoms with Crippen molar-refractivity contribution in [1.29, 1.82) is 0 Å². The summed E-state index contributed by atoms with van der Waals surface area (Å²) in [6.07, 6.45) is 5.91. The van der Waals surface area contributed by atoms with Crippen LogP contribution in [0.5, 0.6) is 0 Å². The zero-order valence-corrected chi connectivity index (χ0v) is 18.4. The third-order valence-corrected chi connectivity index (χ3v) is 5.72. The van der Waals surface area contributed by atoms with Gasteiger partial charge in [0.15, 0.2) is 0 Å². The van der Waals surface area contributed by atoms with Gasteiger partial charge < -0.3 is 19.9 Å². The highest BCUT2D eigenvalue weighted by Gasteiger charge is 2.24. The highest BCUT2D eigenvalue weighted by Crippen LogP contribution is 2.24. The Bertz CT molecular complexity index is 691. The minimum absolute atomic E-state index is 0.162. The summed E-state index contributed by atoms with van der Waals surface area (Å²) in [5.41, 5.74) is 9.12. The quantitative estimate of drug-likeness (QED) is 0.292. The minimum atomic E-state index is -0.162. The summed E-state index contributed by atoms with van der Waals surface area (Å²) in [6, 6.07) is 21.0. The molecule has 2 aromatic carbocycles. The summed E-state index contributed by atoms with van der Waals surface area (Å²) in [4.78, 5) is 2.29. The van der Waals surface area contributed by atoms with E-state index in [0.717, 1.165) is 38.8 Å². The second-order valence-electron chi connectivity index (χ2n) is 8.08. The van der Waals surface area contributed by atoms with Crippen molar-refractivity contribution in [3.05, 3.63) is 84.6 Å². The first kappa shape index (κ1) is 23.5. The van der Waals surface area contributed by atoms with Gasteiger partial charge in [-0.3, -0.25) is 4.90 Å². The van der Waals surface area contributed by atoms with Gasteiger partial charge in [-0.15, -0.1) is 0 Å². The van der Waals surface area contributed by atoms with Gasteiger partial charge in [-0.25, -0.2) is 0 Å². The van der Waals surface area contributed by atoms with Gasteiger partial charge >= 0.3 is 0 Å². The smallest absolute Gasteiger partial charge is 0.111 e. The summed E-state index contributed by atoms with van der Waals surface area (Å²) < 4.78 is 17.2. The Balaban J connectivity index is 1.46. The van der Waals surface area contributed by atoms with Crippen molar-refractivity contribution < 1.29 is 14.2 Å². The number of rotatable bonds is 13. The van der Waals surface area contributed by atoms with Crippen LogP contribution in [0.3, 0.4) is 0 Å². The van der Waals surface area contributed by atoms with E-state index < -0.39 is 0 Å². The number of nitrogens with two attached hydrogens (primary N) is 1. The molecule has 1 aliphatic rings. The van der Waals surface area contributed by atoms with Crippen LogP contribution in [0.25, 0.3) is 0 Å². The monoisotopic (exact) mass is 424 g/mol. The minimum Gasteiger partial charge on any atom is -0.499 e. The lowest BCUT2D eigenvalue weighted by atomic mass is 9.95. The number of ether oxygens (including phenoxy) is 3. The Hall–Kier alpha value is -2.18. The molecule has 0 spiro atoms. The number of hydrogen-bond acceptors (Lipinski definition) is 5. The summed E-state index contributed by atoms with van der Waals surface area (Å²) in [7, 11) is 0. The molecule has 1 atom stereocenters. The van der Waals surface area contributed by atoms with E-state index >= 15 is 0 Å². The highest BCUT2D eigenvalue weighted by molar-refractivity contribution is 5.17. The maximum atomic E-state index is 6.61. The average molecular weight is 425 g/mol. The first-order valence-electron chi connectivity index (χ1n) is 11.3. The maximum absolute atomic E-state index is 6.61. The molecule has 0 heterocycles. The van der Waals surface area contributed by atoms with Gasteiger partial charge in [0.05, 0.1) is 37.8 Å². The van der Waals surface area contributed by atoms with Crippen molar-refractivity contribution in [3.8, 4) is 0 Å². The van der Waals surface area contributed by atoms with Crippen molar-refractivity contribution in [2.45, 2.75) is 57.1 Å². The summed E-state index contributed by atoms with van der Waals surface area (Å²) in [5.74, 6) is 0. The first-order chi connectivity index (χ1) is 15.2. The lowest BCUT2D eigenvalue weighted by Gasteiger charge is -2.32. The summed E-state index contributed by atoms with van der Waals surface area (Å²) in [5, 5.41) is 0. The van der Waals surface area contributed by atoms with Crippen molar-refractivity contribution in [2.75, 3.05) is 19.8 Å². The van der Waals surface area contributed by atoms with Crippen LogP contribution in [0.2, 0.25) is 0 Å². The number of hydrogen-bond donors (Lipinski definition) is 1. The Morgan fingerprint density at radius 3 is 1.87 bits per heavy atom. The van der Waals surface area contributed by atoms with Gasteiger partial charge in [0.2, 0.25) is 0 Å². The van der Waals surface area contributed by atoms with Gasteiger partial charge in [0.25, 0.3) is 0 Å². The zero-order valence-electron chi connectivity index (χ0n) is 18.4. The second kappa shape index (κ2) is 13.3. The molecule has 1 fully saturated rings. The van der Waals surface area contributed by atoms with E-state index in [0.29, 0.717) is 25.9 Å². The van der Waals surface area contributed by atoms with Crippen LogP contribution in [-0.4, -0.2) is 43.1 Å². The third kappa shape index (κ3) is 8.46. The summed E-state index contributed by atoms with van der Waals surface area (Å²) >= 11 is 0. The van der Waals surface area contributed by atoms with Crippen molar-refractivity contribution in [2.24, 2.45) is 5.73 Å². The fraction of sp³-hybridized carbons (Fsp3) is 0.462. The van der Waals surface area contributed by atoms with Crippen LogP contribution in [0.4, 0.5) is 0 Å². The van der Waals surface area contributed by atoms with Crippen LogP contribution in [0, 0.1) is 0 Å². The first-order valence-corrected chi connectivity index (χ1v) is 11.3. The molecule has 0 amide bonds. The Kier molecular flexibility index (Phi) is 10.1. The standard InChI is InChI=1S/C26H36N2O3/c1-2-29-17-18-30-24-13-15-25(16-14-24)31-21-26(27)28(19-22-9-5-3-6-10-22)20-23-11-7-4-8-12-23/h2-12,24-26H,1,13-21,27H2/t24-,25-,26?. The Morgan fingerprint density at radius 1 is 0.839 bits per heavy atom. The molecule has 0 aromatic heterocycles. The predicted molar refractivity (Wildman–Crippen MR) is 124 cm³/mol. The predicted octanol–water partition coefficient (Wildman–Crippen LogP) is 4.48. The molecule has 31 heavy (non-hydrogen) atoms. The van der Waals surface area contributed by atoms with E-state index in [2.05, 4.69) is 60.0 Å². The van der Waals surface area contributed by atoms with Crippen molar-refractivity contribution >= 4 is 0 Å². The largest absolute Gasteiger partial charge is 0.499 e. The van der Waals surface area contributed by atoms with E-state index in [1.807, 2.05) is 12.1 Å². The van der Waals surface area contributed by atoms with Crippen LogP contribution in [0.15, 0.2) is 73.5 Å². The van der Waals surface area contributed by atoms with Gasteiger partial charge in [0, 0.05) is 13.1 Å². The molecule has 1 aliphatic carbocycles. The van der Waals surface area contributed by atoms with Crippen LogP contribution in [0.1, 0.15) is 36.8 Å². The van der Waals surface area contributed by atoms with E-state index in [-0.39, 0.29) is 12.3 Å². The fourth-order valence-corrected chi connectivity index (χ4v) is 3.98. The van der Waals surface area contributed by atoms with Crippen molar-refractivity contribution in [1.82, 2.24) is 4.90 Å². The lowest BCUT2D eigenvalue weighted by Crippen LogP contribution is -2.45. The Labute approximate surface area is 186 Å². The van der Waals surface area contributed by atoms with Gasteiger partial charge in [0.1, 0.15) is 6.61 Å². The molecule has 0 bridgehead atoms. The molecule has 1 unspecified atom stereocenters. The fourth-order valence-electron chi connectivity index (χ4n) is 3.98. The molecule has 2 N–H and O–H groups in total. The molecular formula is C26H36N2O3. The molecular weight excluding hydrogens is 388 g/mol. The van der Waals surface area contributed by atoms with E-state index in [1.54, 1.807) is 0 Å². The zero-order chi connectivity index (χ0) is 21.7. The molecule has 0 aliphatic heterocycles. The van der Waals surface area contributed by atoms with Crippen LogP contribution in [-0.2, 0) is 27.3 Å². The van der Waals surface area contributed by atoms with Gasteiger partial charge in [-0.1, -0.05) is 67.2 Å². The van der Waals surface area contributed by atoms with Gasteiger partial charge in [-0.05, 0) is 36.8 Å². The highest BCUT2D eigenvalue weighted by atomic mass is 16.5. The average Bonchev–Trinajstić information content (AvgIpc) is 2.82. The lowest BCUT2D eigenvalue weighted by molar-refractivity contribution is -0.0524. The SMILES string of the molecule is C=COCCO[C@H]1CC[C@H](OCC(N)N(Cc2ccccc2)Cc2ccccc2)CC1. The van der Waals surface area contributed by atoms with E-state index in [9.17, 15) is 0 Å². The second-order valence-corrected chi connectivity index (χ2v) is 8.08. The van der Waals surface area contributed by atoms with Crippen molar-refractivity contribution in [3.63, 3.8) is 0 Å². The molecule has 3 rings (SSSR count). The topological polar surface area (TPSA) is 57.0 Å². The van der Waals surface area contributed by atoms with E-state index in [4.69, 9.17) is 19.9 Å². The van der Waals surface area contributed by atoms with E-state index in [1.165, 1.54) is 17.4 Å². The van der Waals surface area contributed by atoms with Gasteiger partial charge in [-0.2, -0.15) is 0 Å². The molecule has 2 aromatic rings. The molecule has 1 saturated carbocycles. The molecule has 5 heteroatoms. The normalized spacial score (nSPS) is 19.8. The summed E-state index contributed by atoms with van der Waals surface area (Å²) in [6.45, 7) is 6.84. The molecule has 0 radical (unpaired) electrons. The Morgan fingerprint density at radius 2 is 1.35 bits per heavy atom. The molecule has 0 saturated heterocycles. The third-order valence-electron chi connectivity index (χ3n) is 5.72. The molecule has 168 valence electrons. The van der Waals surface area contributed by atoms with Crippen LogP contribution >= 0.6 is 0 Å². The van der Waals surface area contributed by atoms with Crippen LogP contribution < -0.4 is 5.73 Å².